The van der Waals surface area contributed by atoms with Crippen LogP contribution in [0.1, 0.15) is 30.9 Å². The maximum absolute atomic E-state index is 13.1. The molecular formula is C23H17ClN2O4S. The Labute approximate surface area is 188 Å². The quantitative estimate of drug-likeness (QED) is 0.362. The zero-order valence-corrected chi connectivity index (χ0v) is 18.2. The van der Waals surface area contributed by atoms with E-state index in [1.807, 2.05) is 19.9 Å². The summed E-state index contributed by atoms with van der Waals surface area (Å²) in [6.45, 7) is 4.04. The molecule has 0 radical (unpaired) electrons. The first-order valence-electron chi connectivity index (χ1n) is 9.48. The average Bonchev–Trinajstić information content (AvgIpc) is 2.73. The van der Waals surface area contributed by atoms with E-state index >= 15 is 0 Å². The van der Waals surface area contributed by atoms with Crippen LogP contribution in [-0.2, 0) is 9.59 Å². The van der Waals surface area contributed by atoms with Crippen LogP contribution >= 0.6 is 23.8 Å². The second-order valence-electron chi connectivity index (χ2n) is 7.36. The molecule has 1 saturated heterocycles. The molecule has 0 spiro atoms. The highest BCUT2D eigenvalue weighted by Crippen LogP contribution is 2.24. The van der Waals surface area contributed by atoms with Crippen LogP contribution in [0.25, 0.3) is 17.0 Å². The minimum absolute atomic E-state index is 0.0541. The molecule has 0 unspecified atom stereocenters. The molecule has 8 heteroatoms. The molecule has 3 aromatic rings. The number of nitrogens with one attached hydrogen (secondary N) is 1. The SMILES string of the molecule is CC(C)c1ccc2occ(/C=C3/C(=O)NC(=S)N(c4ccc(Cl)cc4)C3=O)c(=O)c2c1. The summed E-state index contributed by atoms with van der Waals surface area (Å²) in [5, 5.41) is 3.31. The lowest BCUT2D eigenvalue weighted by Crippen LogP contribution is -2.54. The van der Waals surface area contributed by atoms with Crippen molar-refractivity contribution in [3.05, 3.63) is 80.7 Å². The standard InChI is InChI=1S/C23H17ClN2O4S/c1-12(2)13-3-8-19-17(9-13)20(27)14(11-30-19)10-18-21(28)25-23(31)26(22(18)29)16-6-4-15(24)5-7-16/h3-12H,1-2H3,(H,25,28,31)/b18-10-. The van der Waals surface area contributed by atoms with Crippen LogP contribution in [0.3, 0.4) is 0 Å². The summed E-state index contributed by atoms with van der Waals surface area (Å²) in [4.78, 5) is 39.8. The summed E-state index contributed by atoms with van der Waals surface area (Å²) >= 11 is 11.1. The van der Waals surface area contributed by atoms with Crippen molar-refractivity contribution in [3.63, 3.8) is 0 Å². The van der Waals surface area contributed by atoms with Gasteiger partial charge >= 0.3 is 0 Å². The summed E-state index contributed by atoms with van der Waals surface area (Å²) in [7, 11) is 0. The molecule has 1 fully saturated rings. The fraction of sp³-hybridized carbons (Fsp3) is 0.130. The number of carbonyl (C=O) groups is 2. The van der Waals surface area contributed by atoms with E-state index in [1.54, 1.807) is 36.4 Å². The second kappa shape index (κ2) is 8.09. The van der Waals surface area contributed by atoms with Crippen molar-refractivity contribution in [1.29, 1.82) is 0 Å². The largest absolute Gasteiger partial charge is 0.463 e. The molecule has 4 rings (SSSR count). The number of hydrogen-bond donors (Lipinski definition) is 1. The van der Waals surface area contributed by atoms with Crippen molar-refractivity contribution in [2.45, 2.75) is 19.8 Å². The molecule has 156 valence electrons. The van der Waals surface area contributed by atoms with Gasteiger partial charge in [-0.05, 0) is 66.2 Å². The molecule has 1 aliphatic rings. The molecule has 2 aromatic carbocycles. The minimum atomic E-state index is -0.685. The number of thiocarbonyl (C=S) groups is 1. The molecule has 6 nitrogen and oxygen atoms in total. The van der Waals surface area contributed by atoms with Gasteiger partial charge < -0.3 is 4.42 Å². The van der Waals surface area contributed by atoms with E-state index in [2.05, 4.69) is 5.32 Å². The predicted octanol–water partition coefficient (Wildman–Crippen LogP) is 4.40. The molecule has 1 aliphatic heterocycles. The van der Waals surface area contributed by atoms with E-state index in [0.29, 0.717) is 21.7 Å². The molecule has 31 heavy (non-hydrogen) atoms. The van der Waals surface area contributed by atoms with Crippen molar-refractivity contribution in [1.82, 2.24) is 5.32 Å². The molecule has 0 saturated carbocycles. The summed E-state index contributed by atoms with van der Waals surface area (Å²) in [6, 6.07) is 11.8. The fourth-order valence-electron chi connectivity index (χ4n) is 3.26. The molecular weight excluding hydrogens is 436 g/mol. The Morgan fingerprint density at radius 3 is 2.48 bits per heavy atom. The van der Waals surface area contributed by atoms with E-state index in [0.717, 1.165) is 5.56 Å². The summed E-state index contributed by atoms with van der Waals surface area (Å²) in [5.41, 5.74) is 1.39. The van der Waals surface area contributed by atoms with Crippen LogP contribution in [0.5, 0.6) is 0 Å². The van der Waals surface area contributed by atoms with Crippen LogP contribution in [0.15, 0.2) is 63.5 Å². The van der Waals surface area contributed by atoms with Crippen LogP contribution in [0.2, 0.25) is 5.02 Å². The first-order valence-corrected chi connectivity index (χ1v) is 10.3. The topological polar surface area (TPSA) is 79.6 Å². The number of nitrogens with zero attached hydrogens (tertiary/aromatic N) is 1. The number of halogens is 1. The van der Waals surface area contributed by atoms with E-state index in [-0.39, 0.29) is 27.6 Å². The molecule has 1 aromatic heterocycles. The van der Waals surface area contributed by atoms with Gasteiger partial charge in [-0.3, -0.25) is 24.6 Å². The van der Waals surface area contributed by atoms with Crippen molar-refractivity contribution in [2.75, 3.05) is 4.90 Å². The van der Waals surface area contributed by atoms with Gasteiger partial charge in [-0.2, -0.15) is 0 Å². The van der Waals surface area contributed by atoms with Gasteiger partial charge in [-0.1, -0.05) is 31.5 Å². The fourth-order valence-corrected chi connectivity index (χ4v) is 3.67. The van der Waals surface area contributed by atoms with Gasteiger partial charge in [-0.15, -0.1) is 0 Å². The van der Waals surface area contributed by atoms with Crippen molar-refractivity contribution < 1.29 is 14.0 Å². The molecule has 2 heterocycles. The summed E-state index contributed by atoms with van der Waals surface area (Å²) in [6.07, 6.45) is 2.47. The zero-order chi connectivity index (χ0) is 22.3. The first kappa shape index (κ1) is 21.0. The Morgan fingerprint density at radius 1 is 1.10 bits per heavy atom. The van der Waals surface area contributed by atoms with Gasteiger partial charge in [0.05, 0.1) is 16.6 Å². The van der Waals surface area contributed by atoms with Gasteiger partial charge in [0.2, 0.25) is 0 Å². The van der Waals surface area contributed by atoms with Gasteiger partial charge in [0, 0.05) is 5.02 Å². The maximum atomic E-state index is 13.1. The van der Waals surface area contributed by atoms with Gasteiger partial charge in [-0.25, -0.2) is 0 Å². The van der Waals surface area contributed by atoms with E-state index < -0.39 is 11.8 Å². The van der Waals surface area contributed by atoms with Gasteiger partial charge in [0.25, 0.3) is 11.8 Å². The van der Waals surface area contributed by atoms with Gasteiger partial charge in [0.15, 0.2) is 10.5 Å². The normalized spacial score (nSPS) is 15.8. The third kappa shape index (κ3) is 3.89. The number of carbonyl (C=O) groups excluding carboxylic acids is 2. The number of fused-ring (bicyclic) bond motifs is 1. The van der Waals surface area contributed by atoms with E-state index in [1.165, 1.54) is 17.2 Å². The molecule has 0 atom stereocenters. The number of benzene rings is 2. The Hall–Kier alpha value is -3.29. The Balaban J connectivity index is 1.80. The number of amides is 2. The van der Waals surface area contributed by atoms with E-state index in [9.17, 15) is 14.4 Å². The summed E-state index contributed by atoms with van der Waals surface area (Å²) < 4.78 is 5.57. The number of anilines is 1. The van der Waals surface area contributed by atoms with Crippen LogP contribution in [-0.4, -0.2) is 16.9 Å². The molecule has 0 aliphatic carbocycles. The van der Waals surface area contributed by atoms with E-state index in [4.69, 9.17) is 28.2 Å². The Kier molecular flexibility index (Phi) is 5.47. The lowest BCUT2D eigenvalue weighted by atomic mass is 10.0. The third-order valence-electron chi connectivity index (χ3n) is 4.98. The lowest BCUT2D eigenvalue weighted by molar-refractivity contribution is -0.122. The highest BCUT2D eigenvalue weighted by Gasteiger charge is 2.34. The smallest absolute Gasteiger partial charge is 0.270 e. The minimum Gasteiger partial charge on any atom is -0.463 e. The van der Waals surface area contributed by atoms with Crippen molar-refractivity contribution >= 4 is 63.5 Å². The number of rotatable bonds is 3. The molecule has 2 amide bonds. The van der Waals surface area contributed by atoms with Crippen LogP contribution in [0, 0.1) is 0 Å². The van der Waals surface area contributed by atoms with Crippen LogP contribution in [0.4, 0.5) is 5.69 Å². The Bertz CT molecular complexity index is 1330. The highest BCUT2D eigenvalue weighted by atomic mass is 35.5. The highest BCUT2D eigenvalue weighted by molar-refractivity contribution is 7.80. The lowest BCUT2D eigenvalue weighted by Gasteiger charge is -2.28. The summed E-state index contributed by atoms with van der Waals surface area (Å²) in [5.74, 6) is -1.10. The molecule has 0 bridgehead atoms. The van der Waals surface area contributed by atoms with Gasteiger partial charge in [0.1, 0.15) is 17.4 Å². The second-order valence-corrected chi connectivity index (χ2v) is 8.19. The van der Waals surface area contributed by atoms with Crippen molar-refractivity contribution in [2.24, 2.45) is 0 Å². The van der Waals surface area contributed by atoms with Crippen molar-refractivity contribution in [3.8, 4) is 0 Å². The zero-order valence-electron chi connectivity index (χ0n) is 16.6. The maximum Gasteiger partial charge on any atom is 0.270 e. The molecule has 1 N–H and O–H groups in total. The van der Waals surface area contributed by atoms with Crippen LogP contribution < -0.4 is 15.6 Å². The Morgan fingerprint density at radius 2 is 1.81 bits per heavy atom. The monoisotopic (exact) mass is 452 g/mol. The third-order valence-corrected chi connectivity index (χ3v) is 5.51. The average molecular weight is 453 g/mol. The number of hydrogen-bond acceptors (Lipinski definition) is 5. The predicted molar refractivity (Wildman–Crippen MR) is 124 cm³/mol. The first-order chi connectivity index (χ1) is 14.8.